The van der Waals surface area contributed by atoms with Crippen molar-refractivity contribution in [1.29, 1.82) is 0 Å². The SMILES string of the molecule is O=C(O)C(=O)C=C(O)c1cc(OCc2ccccc2)[nH]c(=O)c1. The van der Waals surface area contributed by atoms with Gasteiger partial charge in [-0.15, -0.1) is 0 Å². The minimum atomic E-state index is -1.71. The number of benzene rings is 1. The number of ether oxygens (including phenoxy) is 1. The second-order valence-electron chi connectivity index (χ2n) is 4.57. The topological polar surface area (TPSA) is 117 Å². The Hall–Kier alpha value is -3.35. The van der Waals surface area contributed by atoms with Crippen molar-refractivity contribution in [2.24, 2.45) is 0 Å². The van der Waals surface area contributed by atoms with Gasteiger partial charge < -0.3 is 14.9 Å². The van der Waals surface area contributed by atoms with Gasteiger partial charge in [-0.25, -0.2) is 4.79 Å². The van der Waals surface area contributed by atoms with Crippen LogP contribution >= 0.6 is 0 Å². The van der Waals surface area contributed by atoms with E-state index >= 15 is 0 Å². The summed E-state index contributed by atoms with van der Waals surface area (Å²) in [6, 6.07) is 11.5. The van der Waals surface area contributed by atoms with Crippen LogP contribution in [0.5, 0.6) is 5.88 Å². The minimum absolute atomic E-state index is 0.0218. The van der Waals surface area contributed by atoms with Crippen LogP contribution in [0.4, 0.5) is 0 Å². The van der Waals surface area contributed by atoms with Crippen LogP contribution in [-0.4, -0.2) is 26.9 Å². The molecule has 0 spiro atoms. The highest BCUT2D eigenvalue weighted by atomic mass is 16.5. The molecule has 23 heavy (non-hydrogen) atoms. The number of carboxylic acid groups (broad SMARTS) is 1. The van der Waals surface area contributed by atoms with Crippen LogP contribution in [0.2, 0.25) is 0 Å². The molecule has 0 saturated carbocycles. The number of aliphatic hydroxyl groups is 1. The molecule has 0 amide bonds. The maximum atomic E-state index is 11.6. The molecule has 1 aromatic carbocycles. The van der Waals surface area contributed by atoms with E-state index in [0.29, 0.717) is 6.08 Å². The number of H-pyrrole nitrogens is 1. The molecule has 0 saturated heterocycles. The Morgan fingerprint density at radius 1 is 1.13 bits per heavy atom. The molecule has 0 atom stereocenters. The van der Waals surface area contributed by atoms with E-state index in [1.807, 2.05) is 30.3 Å². The van der Waals surface area contributed by atoms with Crippen LogP contribution in [0.15, 0.2) is 53.3 Å². The molecule has 3 N–H and O–H groups in total. The lowest BCUT2D eigenvalue weighted by molar-refractivity contribution is -0.146. The van der Waals surface area contributed by atoms with Gasteiger partial charge in [-0.3, -0.25) is 14.6 Å². The number of hydrogen-bond donors (Lipinski definition) is 3. The molecular formula is C16H13NO6. The van der Waals surface area contributed by atoms with Crippen LogP contribution in [0.25, 0.3) is 5.76 Å². The van der Waals surface area contributed by atoms with Gasteiger partial charge in [0.25, 0.3) is 11.3 Å². The highest BCUT2D eigenvalue weighted by molar-refractivity contribution is 6.38. The van der Waals surface area contributed by atoms with Gasteiger partial charge in [0, 0.05) is 23.8 Å². The van der Waals surface area contributed by atoms with E-state index in [1.54, 1.807) is 0 Å². The summed E-state index contributed by atoms with van der Waals surface area (Å²) in [7, 11) is 0. The van der Waals surface area contributed by atoms with Gasteiger partial charge in [0.1, 0.15) is 12.4 Å². The van der Waals surface area contributed by atoms with Crippen LogP contribution in [0.1, 0.15) is 11.1 Å². The smallest absolute Gasteiger partial charge is 0.376 e. The number of rotatable bonds is 6. The lowest BCUT2D eigenvalue weighted by atomic mass is 10.2. The number of carbonyl (C=O) groups excluding carboxylic acids is 1. The van der Waals surface area contributed by atoms with E-state index in [4.69, 9.17) is 9.84 Å². The van der Waals surface area contributed by atoms with Crippen molar-refractivity contribution in [3.05, 3.63) is 70.0 Å². The lowest BCUT2D eigenvalue weighted by Gasteiger charge is -2.07. The van der Waals surface area contributed by atoms with Crippen molar-refractivity contribution in [3.8, 4) is 5.88 Å². The predicted octanol–water partition coefficient (Wildman–Crippen LogP) is 1.51. The second kappa shape index (κ2) is 7.08. The van der Waals surface area contributed by atoms with Crippen molar-refractivity contribution < 1.29 is 24.5 Å². The standard InChI is InChI=1S/C16H13NO6/c18-12(8-13(19)16(21)22)11-6-14(20)17-15(7-11)23-9-10-4-2-1-3-5-10/h1-8,18H,9H2,(H,17,20)(H,21,22). The van der Waals surface area contributed by atoms with Crippen molar-refractivity contribution in [1.82, 2.24) is 4.98 Å². The molecule has 0 aliphatic heterocycles. The number of hydrogen-bond acceptors (Lipinski definition) is 5. The molecule has 7 heteroatoms. The van der Waals surface area contributed by atoms with Gasteiger partial charge in [-0.05, 0) is 5.56 Å². The molecule has 0 unspecified atom stereocenters. The molecule has 0 bridgehead atoms. The fourth-order valence-electron chi connectivity index (χ4n) is 1.75. The minimum Gasteiger partial charge on any atom is -0.507 e. The zero-order chi connectivity index (χ0) is 16.8. The molecule has 2 aromatic rings. The molecule has 118 valence electrons. The first-order valence-electron chi connectivity index (χ1n) is 6.55. The Bertz CT molecular complexity index is 807. The Balaban J connectivity index is 2.20. The number of ketones is 1. The Labute approximate surface area is 130 Å². The average Bonchev–Trinajstić information content (AvgIpc) is 2.53. The molecule has 1 aromatic heterocycles. The maximum Gasteiger partial charge on any atom is 0.376 e. The zero-order valence-corrected chi connectivity index (χ0v) is 11.9. The maximum absolute atomic E-state index is 11.6. The Morgan fingerprint density at radius 3 is 2.48 bits per heavy atom. The van der Waals surface area contributed by atoms with Crippen molar-refractivity contribution >= 4 is 17.5 Å². The van der Waals surface area contributed by atoms with Gasteiger partial charge in [0.15, 0.2) is 5.88 Å². The molecule has 0 fully saturated rings. The normalized spacial score (nSPS) is 11.0. The van der Waals surface area contributed by atoms with E-state index in [0.717, 1.165) is 11.6 Å². The summed E-state index contributed by atoms with van der Waals surface area (Å²) < 4.78 is 5.42. The second-order valence-corrected chi connectivity index (χ2v) is 4.57. The van der Waals surface area contributed by atoms with Gasteiger partial charge >= 0.3 is 5.97 Å². The van der Waals surface area contributed by atoms with Crippen LogP contribution in [0, 0.1) is 0 Å². The quantitative estimate of drug-likeness (QED) is 0.422. The van der Waals surface area contributed by atoms with Crippen LogP contribution in [-0.2, 0) is 16.2 Å². The van der Waals surface area contributed by atoms with Gasteiger partial charge in [0.2, 0.25) is 0 Å². The summed E-state index contributed by atoms with van der Waals surface area (Å²) in [4.78, 5) is 35.5. The van der Waals surface area contributed by atoms with Crippen LogP contribution < -0.4 is 10.3 Å². The van der Waals surface area contributed by atoms with Crippen LogP contribution in [0.3, 0.4) is 0 Å². The summed E-state index contributed by atoms with van der Waals surface area (Å²) in [5, 5.41) is 18.2. The summed E-state index contributed by atoms with van der Waals surface area (Å²) in [5.41, 5.74) is 0.291. The van der Waals surface area contributed by atoms with Gasteiger partial charge in [0.05, 0.1) is 0 Å². The monoisotopic (exact) mass is 315 g/mol. The highest BCUT2D eigenvalue weighted by Crippen LogP contribution is 2.15. The fourth-order valence-corrected chi connectivity index (χ4v) is 1.75. The largest absolute Gasteiger partial charge is 0.507 e. The van der Waals surface area contributed by atoms with Crippen molar-refractivity contribution in [2.45, 2.75) is 6.61 Å². The summed E-state index contributed by atoms with van der Waals surface area (Å²) in [6.07, 6.45) is 0.526. The predicted molar refractivity (Wildman–Crippen MR) is 81.1 cm³/mol. The Kier molecular flexibility index (Phi) is 4.93. The highest BCUT2D eigenvalue weighted by Gasteiger charge is 2.12. The lowest BCUT2D eigenvalue weighted by Crippen LogP contribution is -2.11. The number of aliphatic carboxylic acids is 1. The van der Waals surface area contributed by atoms with Crippen molar-refractivity contribution in [2.75, 3.05) is 0 Å². The first-order chi connectivity index (χ1) is 11.0. The molecule has 2 rings (SSSR count). The number of carbonyl (C=O) groups is 2. The number of aromatic nitrogens is 1. The summed E-state index contributed by atoms with van der Waals surface area (Å²) >= 11 is 0. The third-order valence-electron chi connectivity index (χ3n) is 2.83. The fraction of sp³-hybridized carbons (Fsp3) is 0.0625. The molecule has 1 heterocycles. The number of aromatic amines is 1. The van der Waals surface area contributed by atoms with E-state index in [-0.39, 0.29) is 18.1 Å². The molecule has 0 aliphatic carbocycles. The number of carboxylic acids is 1. The first-order valence-corrected chi connectivity index (χ1v) is 6.55. The van der Waals surface area contributed by atoms with E-state index in [1.165, 1.54) is 6.07 Å². The summed E-state index contributed by atoms with van der Waals surface area (Å²) in [6.45, 7) is 0.193. The number of nitrogens with one attached hydrogen (secondary N) is 1. The van der Waals surface area contributed by atoms with E-state index < -0.39 is 23.1 Å². The first kappa shape index (κ1) is 16.0. The van der Waals surface area contributed by atoms with Crippen molar-refractivity contribution in [3.63, 3.8) is 0 Å². The Morgan fingerprint density at radius 2 is 1.83 bits per heavy atom. The number of aliphatic hydroxyl groups excluding tert-OH is 1. The van der Waals surface area contributed by atoms with E-state index in [9.17, 15) is 19.5 Å². The number of pyridine rings is 1. The molecule has 0 aliphatic rings. The average molecular weight is 315 g/mol. The molecule has 0 radical (unpaired) electrons. The third-order valence-corrected chi connectivity index (χ3v) is 2.83. The molecular weight excluding hydrogens is 302 g/mol. The molecule has 7 nitrogen and oxygen atoms in total. The summed E-state index contributed by atoms with van der Waals surface area (Å²) in [5.74, 6) is -3.55. The third kappa shape index (κ3) is 4.57. The van der Waals surface area contributed by atoms with Gasteiger partial charge in [-0.2, -0.15) is 0 Å². The van der Waals surface area contributed by atoms with Gasteiger partial charge in [-0.1, -0.05) is 30.3 Å². The van der Waals surface area contributed by atoms with E-state index in [2.05, 4.69) is 4.98 Å². The zero-order valence-electron chi connectivity index (χ0n) is 11.9.